The van der Waals surface area contributed by atoms with Crippen molar-refractivity contribution in [2.45, 2.75) is 13.3 Å². The number of amides is 1. The van der Waals surface area contributed by atoms with Crippen LogP contribution >= 0.6 is 0 Å². The normalized spacial score (nSPS) is 11.1. The highest BCUT2D eigenvalue weighted by atomic mass is 32.2. The molecule has 0 bridgehead atoms. The number of carbonyl (C=O) groups is 1. The lowest BCUT2D eigenvalue weighted by Gasteiger charge is -2.05. The fraction of sp³-hybridized carbons (Fsp3) is 0.667. The molecule has 0 spiro atoms. The Kier molecular flexibility index (Phi) is 6.95. The Bertz CT molecular complexity index is 337. The van der Waals surface area contributed by atoms with Gasteiger partial charge in [-0.15, -0.1) is 0 Å². The van der Waals surface area contributed by atoms with Crippen molar-refractivity contribution in [3.05, 3.63) is 12.2 Å². The van der Waals surface area contributed by atoms with E-state index in [1.807, 2.05) is 0 Å². The van der Waals surface area contributed by atoms with Crippen molar-refractivity contribution in [2.24, 2.45) is 0 Å². The van der Waals surface area contributed by atoms with Crippen molar-refractivity contribution >= 4 is 16.0 Å². The standard InChI is InChI=1S/C9H18N2O4S/c1-8(2)9(12)11-6-5-10-4-3-7-16(13,14)15/h10H,1,3-7H2,2H3,(H,11,12)(H,13,14,15). The number of rotatable bonds is 8. The molecule has 0 heterocycles. The molecule has 0 radical (unpaired) electrons. The van der Waals surface area contributed by atoms with Crippen LogP contribution in [0.3, 0.4) is 0 Å². The molecule has 0 saturated carbocycles. The molecule has 16 heavy (non-hydrogen) atoms. The third-order valence-electron chi connectivity index (χ3n) is 1.73. The minimum Gasteiger partial charge on any atom is -0.351 e. The quantitative estimate of drug-likeness (QED) is 0.308. The summed E-state index contributed by atoms with van der Waals surface area (Å²) in [5, 5.41) is 5.55. The fourth-order valence-electron chi connectivity index (χ4n) is 0.920. The van der Waals surface area contributed by atoms with Gasteiger partial charge in [0.25, 0.3) is 10.1 Å². The molecule has 0 aromatic heterocycles. The van der Waals surface area contributed by atoms with Gasteiger partial charge in [-0.25, -0.2) is 0 Å². The third-order valence-corrected chi connectivity index (χ3v) is 2.54. The Labute approximate surface area is 95.9 Å². The first-order chi connectivity index (χ1) is 7.33. The highest BCUT2D eigenvalue weighted by Gasteiger charge is 2.03. The molecule has 0 aromatic carbocycles. The number of hydrogen-bond donors (Lipinski definition) is 3. The van der Waals surface area contributed by atoms with E-state index >= 15 is 0 Å². The average Bonchev–Trinajstić information content (AvgIpc) is 2.14. The first kappa shape index (κ1) is 15.1. The van der Waals surface area contributed by atoms with Gasteiger partial charge >= 0.3 is 0 Å². The first-order valence-corrected chi connectivity index (χ1v) is 6.53. The van der Waals surface area contributed by atoms with Crippen LogP contribution in [0.1, 0.15) is 13.3 Å². The molecule has 0 fully saturated rings. The first-order valence-electron chi connectivity index (χ1n) is 4.92. The number of carbonyl (C=O) groups excluding carboxylic acids is 1. The van der Waals surface area contributed by atoms with E-state index in [9.17, 15) is 13.2 Å². The van der Waals surface area contributed by atoms with Crippen LogP contribution in [0, 0.1) is 0 Å². The zero-order valence-corrected chi connectivity index (χ0v) is 10.1. The zero-order valence-electron chi connectivity index (χ0n) is 9.32. The third kappa shape index (κ3) is 9.63. The molecule has 3 N–H and O–H groups in total. The Morgan fingerprint density at radius 3 is 2.44 bits per heavy atom. The average molecular weight is 250 g/mol. The van der Waals surface area contributed by atoms with E-state index in [0.29, 0.717) is 31.6 Å². The van der Waals surface area contributed by atoms with Gasteiger partial charge in [-0.2, -0.15) is 8.42 Å². The minimum atomic E-state index is -3.86. The second kappa shape index (κ2) is 7.37. The Balaban J connectivity index is 3.35. The van der Waals surface area contributed by atoms with Gasteiger partial charge < -0.3 is 10.6 Å². The number of nitrogens with one attached hydrogen (secondary N) is 2. The van der Waals surface area contributed by atoms with Gasteiger partial charge in [0.2, 0.25) is 5.91 Å². The lowest BCUT2D eigenvalue weighted by atomic mass is 10.3. The van der Waals surface area contributed by atoms with Crippen LogP contribution in [-0.4, -0.2) is 44.3 Å². The molecule has 0 atom stereocenters. The molecule has 6 nitrogen and oxygen atoms in total. The summed E-state index contributed by atoms with van der Waals surface area (Å²) in [6, 6.07) is 0. The van der Waals surface area contributed by atoms with Crippen molar-refractivity contribution in [3.63, 3.8) is 0 Å². The topological polar surface area (TPSA) is 95.5 Å². The lowest BCUT2D eigenvalue weighted by molar-refractivity contribution is -0.117. The summed E-state index contributed by atoms with van der Waals surface area (Å²) < 4.78 is 29.1. The Morgan fingerprint density at radius 1 is 1.31 bits per heavy atom. The summed E-state index contributed by atoms with van der Waals surface area (Å²) in [7, 11) is -3.86. The van der Waals surface area contributed by atoms with E-state index in [0.717, 1.165) is 0 Å². The molecule has 7 heteroatoms. The van der Waals surface area contributed by atoms with Crippen molar-refractivity contribution in [2.75, 3.05) is 25.4 Å². The van der Waals surface area contributed by atoms with Gasteiger partial charge in [0.05, 0.1) is 5.75 Å². The summed E-state index contributed by atoms with van der Waals surface area (Å²) >= 11 is 0. The maximum atomic E-state index is 11.0. The van der Waals surface area contributed by atoms with Crippen molar-refractivity contribution in [1.82, 2.24) is 10.6 Å². The molecular weight excluding hydrogens is 232 g/mol. The molecule has 0 aliphatic heterocycles. The largest absolute Gasteiger partial charge is 0.351 e. The molecule has 1 amide bonds. The molecule has 0 rings (SSSR count). The summed E-state index contributed by atoms with van der Waals surface area (Å²) in [5.41, 5.74) is 0.450. The van der Waals surface area contributed by atoms with Crippen LogP contribution in [0.2, 0.25) is 0 Å². The van der Waals surface area contributed by atoms with Crippen molar-refractivity contribution < 1.29 is 17.8 Å². The van der Waals surface area contributed by atoms with E-state index < -0.39 is 10.1 Å². The van der Waals surface area contributed by atoms with Crippen LogP contribution in [0.15, 0.2) is 12.2 Å². The van der Waals surface area contributed by atoms with E-state index in [2.05, 4.69) is 17.2 Å². The summed E-state index contributed by atoms with van der Waals surface area (Å²) in [4.78, 5) is 11.0. The van der Waals surface area contributed by atoms with Crippen molar-refractivity contribution in [1.29, 1.82) is 0 Å². The second-order valence-corrected chi connectivity index (χ2v) is 5.00. The van der Waals surface area contributed by atoms with Crippen LogP contribution in [0.25, 0.3) is 0 Å². The van der Waals surface area contributed by atoms with Gasteiger partial charge in [-0.1, -0.05) is 6.58 Å². The predicted molar refractivity (Wildman–Crippen MR) is 61.7 cm³/mol. The molecular formula is C9H18N2O4S. The Morgan fingerprint density at radius 2 is 1.94 bits per heavy atom. The van der Waals surface area contributed by atoms with Crippen LogP contribution < -0.4 is 10.6 Å². The van der Waals surface area contributed by atoms with E-state index in [-0.39, 0.29) is 11.7 Å². The van der Waals surface area contributed by atoms with Gasteiger partial charge in [0.15, 0.2) is 0 Å². The molecule has 94 valence electrons. The van der Waals surface area contributed by atoms with Gasteiger partial charge in [0, 0.05) is 18.7 Å². The fourth-order valence-corrected chi connectivity index (χ4v) is 1.43. The monoisotopic (exact) mass is 250 g/mol. The van der Waals surface area contributed by atoms with Crippen LogP contribution in [0.4, 0.5) is 0 Å². The lowest BCUT2D eigenvalue weighted by Crippen LogP contribution is -2.32. The van der Waals surface area contributed by atoms with Gasteiger partial charge in [-0.3, -0.25) is 9.35 Å². The van der Waals surface area contributed by atoms with Crippen molar-refractivity contribution in [3.8, 4) is 0 Å². The van der Waals surface area contributed by atoms with Crippen LogP contribution in [0.5, 0.6) is 0 Å². The zero-order chi connectivity index (χ0) is 12.6. The maximum absolute atomic E-state index is 11.0. The summed E-state index contributed by atoms with van der Waals surface area (Å²) in [6.45, 7) is 6.58. The Hall–Kier alpha value is -0.920. The predicted octanol–water partition coefficient (Wildman–Crippen LogP) is -0.454. The van der Waals surface area contributed by atoms with E-state index in [1.54, 1.807) is 6.92 Å². The molecule has 0 aliphatic rings. The van der Waals surface area contributed by atoms with Crippen LogP contribution in [-0.2, 0) is 14.9 Å². The number of hydrogen-bond acceptors (Lipinski definition) is 4. The smallest absolute Gasteiger partial charge is 0.264 e. The highest BCUT2D eigenvalue weighted by Crippen LogP contribution is 1.86. The van der Waals surface area contributed by atoms with E-state index in [4.69, 9.17) is 4.55 Å². The second-order valence-electron chi connectivity index (χ2n) is 3.43. The molecule has 0 saturated heterocycles. The maximum Gasteiger partial charge on any atom is 0.264 e. The molecule has 0 unspecified atom stereocenters. The van der Waals surface area contributed by atoms with E-state index in [1.165, 1.54) is 0 Å². The molecule has 0 aromatic rings. The molecule has 0 aliphatic carbocycles. The summed E-state index contributed by atoms with van der Waals surface area (Å²) in [6.07, 6.45) is 0.341. The highest BCUT2D eigenvalue weighted by molar-refractivity contribution is 7.85. The minimum absolute atomic E-state index is 0.195. The summed E-state index contributed by atoms with van der Waals surface area (Å²) in [5.74, 6) is -0.447. The SMILES string of the molecule is C=C(C)C(=O)NCCNCCCS(=O)(=O)O. The van der Waals surface area contributed by atoms with Gasteiger partial charge in [0.1, 0.15) is 0 Å². The van der Waals surface area contributed by atoms with Gasteiger partial charge in [-0.05, 0) is 19.9 Å².